The normalized spacial score (nSPS) is 10.9. The van der Waals surface area contributed by atoms with Gasteiger partial charge < -0.3 is 5.32 Å². The average Bonchev–Trinajstić information content (AvgIpc) is 2.65. The molecule has 1 heterocycles. The summed E-state index contributed by atoms with van der Waals surface area (Å²) in [5.41, 5.74) is 2.81. The van der Waals surface area contributed by atoms with E-state index in [2.05, 4.69) is 20.2 Å². The molecule has 0 amide bonds. The summed E-state index contributed by atoms with van der Waals surface area (Å²) in [6.45, 7) is 3.58. The standard InChI is InChI=1S/C19H17N5O2S/c1-13-3-4-14(2)17(11-13)27(25,26)24-19-10-9-18(22-23-19)21-16-7-5-15(12-20)6-8-16/h3-11H,1-2H3,(H,21,22)(H,23,24). The molecular weight excluding hydrogens is 362 g/mol. The van der Waals surface area contributed by atoms with Crippen molar-refractivity contribution in [3.8, 4) is 6.07 Å². The van der Waals surface area contributed by atoms with Crippen molar-refractivity contribution in [1.82, 2.24) is 10.2 Å². The minimum Gasteiger partial charge on any atom is -0.339 e. The molecule has 3 aromatic rings. The molecule has 27 heavy (non-hydrogen) atoms. The number of anilines is 3. The predicted octanol–water partition coefficient (Wildman–Crippen LogP) is 3.51. The third-order valence-electron chi connectivity index (χ3n) is 3.82. The molecule has 0 fully saturated rings. The second-order valence-electron chi connectivity index (χ2n) is 5.99. The van der Waals surface area contributed by atoms with Crippen LogP contribution in [0.25, 0.3) is 0 Å². The van der Waals surface area contributed by atoms with Crippen LogP contribution in [0, 0.1) is 25.2 Å². The molecule has 0 aliphatic carbocycles. The smallest absolute Gasteiger partial charge is 0.263 e. The first-order valence-electron chi connectivity index (χ1n) is 8.08. The van der Waals surface area contributed by atoms with Gasteiger partial charge in [0.1, 0.15) is 0 Å². The quantitative estimate of drug-likeness (QED) is 0.702. The maximum absolute atomic E-state index is 12.6. The fourth-order valence-corrected chi connectivity index (χ4v) is 3.75. The van der Waals surface area contributed by atoms with E-state index in [-0.39, 0.29) is 10.7 Å². The SMILES string of the molecule is Cc1ccc(C)c(S(=O)(=O)Nc2ccc(Nc3ccc(C#N)cc3)nn2)c1. The fraction of sp³-hybridized carbons (Fsp3) is 0.105. The van der Waals surface area contributed by atoms with Crippen LogP contribution >= 0.6 is 0 Å². The van der Waals surface area contributed by atoms with E-state index in [0.29, 0.717) is 16.9 Å². The number of hydrogen-bond donors (Lipinski definition) is 2. The Hall–Kier alpha value is -3.44. The number of rotatable bonds is 5. The van der Waals surface area contributed by atoms with Crippen LogP contribution in [0.5, 0.6) is 0 Å². The second-order valence-corrected chi connectivity index (χ2v) is 7.64. The maximum Gasteiger partial charge on any atom is 0.263 e. The Morgan fingerprint density at radius 2 is 1.59 bits per heavy atom. The van der Waals surface area contributed by atoms with E-state index in [0.717, 1.165) is 11.3 Å². The molecule has 3 rings (SSSR count). The molecule has 0 aliphatic rings. The molecule has 0 saturated heterocycles. The van der Waals surface area contributed by atoms with E-state index in [1.54, 1.807) is 49.4 Å². The summed E-state index contributed by atoms with van der Waals surface area (Å²) in [6.07, 6.45) is 0. The van der Waals surface area contributed by atoms with E-state index in [1.165, 1.54) is 6.07 Å². The fourth-order valence-electron chi connectivity index (χ4n) is 2.42. The first kappa shape index (κ1) is 18.4. The lowest BCUT2D eigenvalue weighted by Gasteiger charge is -2.11. The first-order valence-corrected chi connectivity index (χ1v) is 9.57. The summed E-state index contributed by atoms with van der Waals surface area (Å²) in [4.78, 5) is 0.212. The van der Waals surface area contributed by atoms with Crippen LogP contribution < -0.4 is 10.0 Å². The van der Waals surface area contributed by atoms with E-state index in [4.69, 9.17) is 5.26 Å². The summed E-state index contributed by atoms with van der Waals surface area (Å²) in [6, 6.07) is 17.3. The average molecular weight is 379 g/mol. The van der Waals surface area contributed by atoms with Crippen LogP contribution in [0.15, 0.2) is 59.5 Å². The minimum atomic E-state index is -3.75. The van der Waals surface area contributed by atoms with Crippen molar-refractivity contribution < 1.29 is 8.42 Å². The molecule has 2 N–H and O–H groups in total. The van der Waals surface area contributed by atoms with Crippen molar-refractivity contribution in [2.75, 3.05) is 10.0 Å². The number of benzene rings is 2. The molecule has 0 unspecified atom stereocenters. The van der Waals surface area contributed by atoms with Gasteiger partial charge in [-0.3, -0.25) is 4.72 Å². The van der Waals surface area contributed by atoms with Crippen molar-refractivity contribution in [3.63, 3.8) is 0 Å². The van der Waals surface area contributed by atoms with Crippen molar-refractivity contribution in [2.24, 2.45) is 0 Å². The van der Waals surface area contributed by atoms with Gasteiger partial charge >= 0.3 is 0 Å². The highest BCUT2D eigenvalue weighted by Crippen LogP contribution is 2.20. The first-order chi connectivity index (χ1) is 12.9. The van der Waals surface area contributed by atoms with Gasteiger partial charge in [-0.05, 0) is 67.4 Å². The van der Waals surface area contributed by atoms with Gasteiger partial charge in [-0.2, -0.15) is 5.26 Å². The number of aromatic nitrogens is 2. The van der Waals surface area contributed by atoms with Crippen LogP contribution in [0.4, 0.5) is 17.3 Å². The molecule has 0 atom stereocenters. The third kappa shape index (κ3) is 4.40. The summed E-state index contributed by atoms with van der Waals surface area (Å²) in [5, 5.41) is 19.7. The Labute approximate surface area is 157 Å². The number of aryl methyl sites for hydroxylation is 2. The van der Waals surface area contributed by atoms with Crippen molar-refractivity contribution in [3.05, 3.63) is 71.3 Å². The molecular formula is C19H17N5O2S. The highest BCUT2D eigenvalue weighted by molar-refractivity contribution is 7.92. The third-order valence-corrected chi connectivity index (χ3v) is 5.32. The van der Waals surface area contributed by atoms with Gasteiger partial charge in [0.05, 0.1) is 16.5 Å². The van der Waals surface area contributed by atoms with Crippen molar-refractivity contribution >= 4 is 27.3 Å². The predicted molar refractivity (Wildman–Crippen MR) is 103 cm³/mol. The lowest BCUT2D eigenvalue weighted by molar-refractivity contribution is 0.600. The summed E-state index contributed by atoms with van der Waals surface area (Å²) < 4.78 is 27.6. The summed E-state index contributed by atoms with van der Waals surface area (Å²) >= 11 is 0. The molecule has 0 spiro atoms. The Morgan fingerprint density at radius 3 is 2.22 bits per heavy atom. The number of nitriles is 1. The molecule has 0 bridgehead atoms. The molecule has 1 aromatic heterocycles. The zero-order valence-corrected chi connectivity index (χ0v) is 15.6. The molecule has 7 nitrogen and oxygen atoms in total. The zero-order chi connectivity index (χ0) is 19.4. The van der Waals surface area contributed by atoms with Crippen LogP contribution in [-0.2, 0) is 10.0 Å². The summed E-state index contributed by atoms with van der Waals surface area (Å²) in [7, 11) is -3.75. The van der Waals surface area contributed by atoms with Gasteiger partial charge in [0.25, 0.3) is 10.0 Å². The van der Waals surface area contributed by atoms with Crippen LogP contribution in [0.1, 0.15) is 16.7 Å². The number of hydrogen-bond acceptors (Lipinski definition) is 6. The highest BCUT2D eigenvalue weighted by atomic mass is 32.2. The molecule has 0 saturated carbocycles. The maximum atomic E-state index is 12.6. The minimum absolute atomic E-state index is 0.126. The topological polar surface area (TPSA) is 108 Å². The Balaban J connectivity index is 1.75. The van der Waals surface area contributed by atoms with Crippen LogP contribution in [0.3, 0.4) is 0 Å². The van der Waals surface area contributed by atoms with Gasteiger partial charge in [-0.25, -0.2) is 8.42 Å². The second kappa shape index (κ2) is 7.43. The zero-order valence-electron chi connectivity index (χ0n) is 14.8. The monoisotopic (exact) mass is 379 g/mol. The van der Waals surface area contributed by atoms with Crippen molar-refractivity contribution in [2.45, 2.75) is 18.7 Å². The summed E-state index contributed by atoms with van der Waals surface area (Å²) in [5.74, 6) is 0.579. The molecule has 136 valence electrons. The van der Waals surface area contributed by atoms with Crippen LogP contribution in [0.2, 0.25) is 0 Å². The van der Waals surface area contributed by atoms with Gasteiger partial charge in [0, 0.05) is 5.69 Å². The number of nitrogens with one attached hydrogen (secondary N) is 2. The van der Waals surface area contributed by atoms with Gasteiger partial charge in [-0.1, -0.05) is 12.1 Å². The Morgan fingerprint density at radius 1 is 0.926 bits per heavy atom. The Bertz CT molecular complexity index is 1100. The van der Waals surface area contributed by atoms with E-state index >= 15 is 0 Å². The van der Waals surface area contributed by atoms with Gasteiger partial charge in [0.15, 0.2) is 11.6 Å². The van der Waals surface area contributed by atoms with E-state index < -0.39 is 10.0 Å². The molecule has 0 radical (unpaired) electrons. The van der Waals surface area contributed by atoms with Crippen molar-refractivity contribution in [1.29, 1.82) is 5.26 Å². The number of nitrogens with zero attached hydrogens (tertiary/aromatic N) is 3. The Kier molecular flexibility index (Phi) is 5.05. The molecule has 0 aliphatic heterocycles. The van der Waals surface area contributed by atoms with Gasteiger partial charge in [0.2, 0.25) is 0 Å². The van der Waals surface area contributed by atoms with Gasteiger partial charge in [-0.15, -0.1) is 10.2 Å². The van der Waals surface area contributed by atoms with Crippen LogP contribution in [-0.4, -0.2) is 18.6 Å². The largest absolute Gasteiger partial charge is 0.339 e. The number of sulfonamides is 1. The molecule has 2 aromatic carbocycles. The lowest BCUT2D eigenvalue weighted by Crippen LogP contribution is -2.15. The van der Waals surface area contributed by atoms with E-state index in [9.17, 15) is 8.42 Å². The highest BCUT2D eigenvalue weighted by Gasteiger charge is 2.18. The molecule has 8 heteroatoms. The lowest BCUT2D eigenvalue weighted by atomic mass is 10.2. The van der Waals surface area contributed by atoms with E-state index in [1.807, 2.05) is 19.1 Å².